The van der Waals surface area contributed by atoms with E-state index in [1.807, 2.05) is 85.8 Å². The molecule has 33 heavy (non-hydrogen) atoms. The number of benzene rings is 3. The van der Waals surface area contributed by atoms with E-state index in [0.717, 1.165) is 16.9 Å². The predicted octanol–water partition coefficient (Wildman–Crippen LogP) is 4.97. The van der Waals surface area contributed by atoms with Crippen molar-refractivity contribution < 1.29 is 14.3 Å². The number of aromatic nitrogens is 2. The molecular formula is C26H22N4O3. The molecule has 3 aromatic carbocycles. The topological polar surface area (TPSA) is 85.4 Å². The lowest BCUT2D eigenvalue weighted by molar-refractivity contribution is -0.125. The van der Waals surface area contributed by atoms with Crippen molar-refractivity contribution in [2.24, 2.45) is 0 Å². The van der Waals surface area contributed by atoms with Gasteiger partial charge in [-0.1, -0.05) is 48.5 Å². The Morgan fingerprint density at radius 3 is 2.48 bits per heavy atom. The Balaban J connectivity index is 1.29. The number of hydrogen-bond donors (Lipinski definition) is 2. The molecule has 1 aliphatic heterocycles. The lowest BCUT2D eigenvalue weighted by Gasteiger charge is -2.25. The van der Waals surface area contributed by atoms with Crippen LogP contribution in [0.25, 0.3) is 11.3 Å². The van der Waals surface area contributed by atoms with Crippen LogP contribution in [0.4, 0.5) is 17.2 Å². The van der Waals surface area contributed by atoms with Crippen molar-refractivity contribution in [3.8, 4) is 22.8 Å². The Hall–Kier alpha value is -4.39. The number of para-hydroxylation sites is 2. The van der Waals surface area contributed by atoms with Gasteiger partial charge in [0.2, 0.25) is 6.10 Å². The van der Waals surface area contributed by atoms with Crippen LogP contribution in [0.5, 0.6) is 11.5 Å². The van der Waals surface area contributed by atoms with Gasteiger partial charge >= 0.3 is 0 Å². The van der Waals surface area contributed by atoms with Gasteiger partial charge in [-0.25, -0.2) is 9.97 Å². The standard InChI is InChI=1S/C26H22N4O3/c1-17-27-21(18-8-3-2-4-9-18)15-25(28-17)29-19-10-7-11-20(14-19)30-26(31)24-16-32-22-12-5-6-13-23(22)33-24/h2-15,24H,16H2,1H3,(H,30,31)(H,27,28,29). The molecule has 1 atom stereocenters. The second-order valence-electron chi connectivity index (χ2n) is 7.61. The van der Waals surface area contributed by atoms with Gasteiger partial charge in [-0.2, -0.15) is 0 Å². The number of amides is 1. The van der Waals surface area contributed by atoms with Crippen LogP contribution >= 0.6 is 0 Å². The number of fused-ring (bicyclic) bond motifs is 1. The van der Waals surface area contributed by atoms with Crippen molar-refractivity contribution in [1.82, 2.24) is 9.97 Å². The Morgan fingerprint density at radius 2 is 1.64 bits per heavy atom. The molecule has 5 rings (SSSR count). The zero-order valence-corrected chi connectivity index (χ0v) is 18.0. The Kier molecular flexibility index (Phi) is 5.59. The summed E-state index contributed by atoms with van der Waals surface area (Å²) in [5.41, 5.74) is 3.28. The third-order valence-corrected chi connectivity index (χ3v) is 5.11. The number of carbonyl (C=O) groups excluding carboxylic acids is 1. The van der Waals surface area contributed by atoms with Crippen molar-refractivity contribution in [2.45, 2.75) is 13.0 Å². The molecule has 1 aromatic heterocycles. The zero-order valence-electron chi connectivity index (χ0n) is 18.0. The molecule has 1 unspecified atom stereocenters. The summed E-state index contributed by atoms with van der Waals surface area (Å²) in [6.07, 6.45) is -0.727. The zero-order chi connectivity index (χ0) is 22.6. The molecule has 164 valence electrons. The van der Waals surface area contributed by atoms with Crippen LogP contribution in [-0.4, -0.2) is 28.6 Å². The average molecular weight is 438 g/mol. The van der Waals surface area contributed by atoms with Gasteiger partial charge in [-0.05, 0) is 37.3 Å². The van der Waals surface area contributed by atoms with E-state index >= 15 is 0 Å². The molecule has 0 aliphatic carbocycles. The summed E-state index contributed by atoms with van der Waals surface area (Å²) < 4.78 is 11.4. The number of rotatable bonds is 5. The SMILES string of the molecule is Cc1nc(Nc2cccc(NC(=O)C3COc4ccccc4O3)c2)cc(-c2ccccc2)n1. The first kappa shape index (κ1) is 20.5. The van der Waals surface area contributed by atoms with Gasteiger partial charge in [0.05, 0.1) is 5.69 Å². The highest BCUT2D eigenvalue weighted by molar-refractivity contribution is 5.95. The third kappa shape index (κ3) is 4.77. The third-order valence-electron chi connectivity index (χ3n) is 5.11. The van der Waals surface area contributed by atoms with Crippen molar-refractivity contribution in [2.75, 3.05) is 17.2 Å². The summed E-state index contributed by atoms with van der Waals surface area (Å²) in [5, 5.41) is 6.20. The minimum absolute atomic E-state index is 0.156. The number of hydrogen-bond acceptors (Lipinski definition) is 6. The fourth-order valence-corrected chi connectivity index (χ4v) is 3.58. The first-order valence-electron chi connectivity index (χ1n) is 10.6. The fourth-order valence-electron chi connectivity index (χ4n) is 3.58. The van der Waals surface area contributed by atoms with Crippen LogP contribution in [0.1, 0.15) is 5.82 Å². The van der Waals surface area contributed by atoms with Gasteiger partial charge < -0.3 is 20.1 Å². The van der Waals surface area contributed by atoms with Gasteiger partial charge in [-0.3, -0.25) is 4.79 Å². The summed E-state index contributed by atoms with van der Waals surface area (Å²) in [5.74, 6) is 2.27. The van der Waals surface area contributed by atoms with E-state index < -0.39 is 6.10 Å². The van der Waals surface area contributed by atoms with E-state index in [0.29, 0.717) is 28.8 Å². The van der Waals surface area contributed by atoms with E-state index in [2.05, 4.69) is 20.6 Å². The molecular weight excluding hydrogens is 416 g/mol. The van der Waals surface area contributed by atoms with Crippen LogP contribution < -0.4 is 20.1 Å². The summed E-state index contributed by atoms with van der Waals surface area (Å²) >= 11 is 0. The molecule has 2 heterocycles. The van der Waals surface area contributed by atoms with E-state index in [-0.39, 0.29) is 12.5 Å². The summed E-state index contributed by atoms with van der Waals surface area (Å²) in [4.78, 5) is 21.8. The summed E-state index contributed by atoms with van der Waals surface area (Å²) in [6, 6.07) is 26.6. The largest absolute Gasteiger partial charge is 0.485 e. The average Bonchev–Trinajstić information content (AvgIpc) is 2.84. The van der Waals surface area contributed by atoms with Crippen LogP contribution in [0.15, 0.2) is 84.9 Å². The molecule has 2 N–H and O–H groups in total. The number of aryl methyl sites for hydroxylation is 1. The second-order valence-corrected chi connectivity index (χ2v) is 7.61. The van der Waals surface area contributed by atoms with Crippen LogP contribution in [0.2, 0.25) is 0 Å². The molecule has 7 heteroatoms. The number of anilines is 3. The van der Waals surface area contributed by atoms with Crippen LogP contribution in [0.3, 0.4) is 0 Å². The fraction of sp³-hybridized carbons (Fsp3) is 0.115. The van der Waals surface area contributed by atoms with Crippen LogP contribution in [0, 0.1) is 6.92 Å². The predicted molar refractivity (Wildman–Crippen MR) is 127 cm³/mol. The maximum atomic E-state index is 12.7. The molecule has 0 spiro atoms. The highest BCUT2D eigenvalue weighted by atomic mass is 16.6. The highest BCUT2D eigenvalue weighted by Gasteiger charge is 2.27. The number of nitrogens with one attached hydrogen (secondary N) is 2. The van der Waals surface area contributed by atoms with Gasteiger partial charge in [0, 0.05) is 23.0 Å². The minimum Gasteiger partial charge on any atom is -0.485 e. The Labute approximate surface area is 191 Å². The monoisotopic (exact) mass is 438 g/mol. The molecule has 7 nitrogen and oxygen atoms in total. The Morgan fingerprint density at radius 1 is 0.879 bits per heavy atom. The van der Waals surface area contributed by atoms with E-state index in [1.54, 1.807) is 6.07 Å². The molecule has 1 amide bonds. The van der Waals surface area contributed by atoms with E-state index in [4.69, 9.17) is 9.47 Å². The van der Waals surface area contributed by atoms with Gasteiger partial charge in [-0.15, -0.1) is 0 Å². The quantitative estimate of drug-likeness (QED) is 0.457. The van der Waals surface area contributed by atoms with Crippen molar-refractivity contribution in [3.05, 3.63) is 90.8 Å². The van der Waals surface area contributed by atoms with Crippen LogP contribution in [-0.2, 0) is 4.79 Å². The molecule has 0 saturated heterocycles. The molecule has 0 fully saturated rings. The lowest BCUT2D eigenvalue weighted by Crippen LogP contribution is -2.40. The highest BCUT2D eigenvalue weighted by Crippen LogP contribution is 2.31. The minimum atomic E-state index is -0.727. The molecule has 1 aliphatic rings. The van der Waals surface area contributed by atoms with Crippen molar-refractivity contribution in [1.29, 1.82) is 0 Å². The number of nitrogens with zero attached hydrogens (tertiary/aromatic N) is 2. The number of carbonyl (C=O) groups is 1. The van der Waals surface area contributed by atoms with E-state index in [9.17, 15) is 4.79 Å². The maximum Gasteiger partial charge on any atom is 0.269 e. The van der Waals surface area contributed by atoms with E-state index in [1.165, 1.54) is 0 Å². The van der Waals surface area contributed by atoms with Gasteiger partial charge in [0.15, 0.2) is 11.5 Å². The number of ether oxygens (including phenoxy) is 2. The molecule has 0 radical (unpaired) electrons. The smallest absolute Gasteiger partial charge is 0.269 e. The van der Waals surface area contributed by atoms with Crippen molar-refractivity contribution >= 4 is 23.1 Å². The molecule has 0 bridgehead atoms. The summed E-state index contributed by atoms with van der Waals surface area (Å²) in [7, 11) is 0. The van der Waals surface area contributed by atoms with Gasteiger partial charge in [0.25, 0.3) is 5.91 Å². The maximum absolute atomic E-state index is 12.7. The molecule has 0 saturated carbocycles. The lowest BCUT2D eigenvalue weighted by atomic mass is 10.1. The van der Waals surface area contributed by atoms with Gasteiger partial charge in [0.1, 0.15) is 18.2 Å². The Bertz CT molecular complexity index is 1290. The normalized spacial score (nSPS) is 14.4. The molecule has 4 aromatic rings. The first-order chi connectivity index (χ1) is 16.1. The first-order valence-corrected chi connectivity index (χ1v) is 10.6. The van der Waals surface area contributed by atoms with Crippen molar-refractivity contribution in [3.63, 3.8) is 0 Å². The second kappa shape index (κ2) is 9.00. The summed E-state index contributed by atoms with van der Waals surface area (Å²) in [6.45, 7) is 2.02.